The van der Waals surface area contributed by atoms with Crippen LogP contribution in [0.25, 0.3) is 0 Å². The van der Waals surface area contributed by atoms with Crippen LogP contribution in [0, 0.1) is 6.92 Å². The first kappa shape index (κ1) is 20.0. The average Bonchev–Trinajstić information content (AvgIpc) is 3.16. The molecule has 0 saturated carbocycles. The molecule has 29 heavy (non-hydrogen) atoms. The highest BCUT2D eigenvalue weighted by molar-refractivity contribution is 8.15. The summed E-state index contributed by atoms with van der Waals surface area (Å²) in [6, 6.07) is 13.1. The Morgan fingerprint density at radius 1 is 1.17 bits per heavy atom. The third kappa shape index (κ3) is 4.48. The summed E-state index contributed by atoms with van der Waals surface area (Å²) in [4.78, 5) is 17.2. The number of hydrogen-bond acceptors (Lipinski definition) is 6. The Morgan fingerprint density at radius 3 is 2.62 bits per heavy atom. The van der Waals surface area contributed by atoms with Gasteiger partial charge in [-0.2, -0.15) is 0 Å². The van der Waals surface area contributed by atoms with Crippen molar-refractivity contribution in [2.45, 2.75) is 31.6 Å². The average molecular weight is 430 g/mol. The van der Waals surface area contributed by atoms with Gasteiger partial charge in [-0.1, -0.05) is 36.9 Å². The maximum Gasteiger partial charge on any atom is 0.255 e. The van der Waals surface area contributed by atoms with Crippen molar-refractivity contribution < 1.29 is 13.2 Å². The molecule has 0 aromatic heterocycles. The summed E-state index contributed by atoms with van der Waals surface area (Å²) < 4.78 is 23.4. The summed E-state index contributed by atoms with van der Waals surface area (Å²) in [5, 5.41) is 6.90. The van der Waals surface area contributed by atoms with Gasteiger partial charge in [0.2, 0.25) is 0 Å². The highest BCUT2D eigenvalue weighted by Crippen LogP contribution is 2.35. The first-order valence-corrected chi connectivity index (χ1v) is 12.3. The van der Waals surface area contributed by atoms with Crippen LogP contribution < -0.4 is 10.6 Å². The molecule has 0 aliphatic carbocycles. The normalized spacial score (nSPS) is 22.1. The molecule has 0 radical (unpaired) electrons. The minimum absolute atomic E-state index is 0.0135. The number of thioether (sulfide) groups is 1. The summed E-state index contributed by atoms with van der Waals surface area (Å²) in [6.45, 7) is 4.05. The van der Waals surface area contributed by atoms with Gasteiger partial charge >= 0.3 is 0 Å². The Hall–Kier alpha value is -2.32. The van der Waals surface area contributed by atoms with E-state index in [1.807, 2.05) is 37.3 Å². The Morgan fingerprint density at radius 2 is 1.93 bits per heavy atom. The number of carbonyl (C=O) groups excluding carboxylic acids is 1. The molecule has 2 N–H and O–H groups in total. The number of amidine groups is 1. The summed E-state index contributed by atoms with van der Waals surface area (Å²) in [5.41, 5.74) is 4.31. The van der Waals surface area contributed by atoms with Crippen molar-refractivity contribution in [3.63, 3.8) is 0 Å². The van der Waals surface area contributed by atoms with Gasteiger partial charge in [0.1, 0.15) is 0 Å². The first-order chi connectivity index (χ1) is 13.8. The third-order valence-electron chi connectivity index (χ3n) is 5.18. The molecule has 2 atom stereocenters. The lowest BCUT2D eigenvalue weighted by molar-refractivity contribution is 0.102. The molecule has 0 bridgehead atoms. The second-order valence-corrected chi connectivity index (χ2v) is 10.8. The number of nitrogens with zero attached hydrogens (tertiary/aromatic N) is 1. The minimum Gasteiger partial charge on any atom is -0.335 e. The topological polar surface area (TPSA) is 87.6 Å². The number of hydrogen-bond donors (Lipinski definition) is 2. The lowest BCUT2D eigenvalue weighted by Crippen LogP contribution is -2.14. The van der Waals surface area contributed by atoms with E-state index >= 15 is 0 Å². The number of benzene rings is 2. The van der Waals surface area contributed by atoms with Gasteiger partial charge in [0.25, 0.3) is 5.91 Å². The number of fused-ring (bicyclic) bond motifs is 1. The van der Waals surface area contributed by atoms with Crippen molar-refractivity contribution in [1.82, 2.24) is 0 Å². The molecule has 1 fully saturated rings. The monoisotopic (exact) mass is 429 g/mol. The molecule has 2 heterocycles. The number of anilines is 2. The number of rotatable bonds is 4. The van der Waals surface area contributed by atoms with Crippen LogP contribution in [-0.2, 0) is 16.3 Å². The highest BCUT2D eigenvalue weighted by Gasteiger charge is 2.42. The summed E-state index contributed by atoms with van der Waals surface area (Å²) in [6.07, 6.45) is 0.955. The molecule has 2 aromatic rings. The van der Waals surface area contributed by atoms with Crippen molar-refractivity contribution in [2.24, 2.45) is 4.99 Å². The zero-order chi connectivity index (χ0) is 20.6. The van der Waals surface area contributed by atoms with Crippen molar-refractivity contribution in [3.05, 3.63) is 59.2 Å². The number of nitrogens with one attached hydrogen (secondary N) is 2. The smallest absolute Gasteiger partial charge is 0.255 e. The Bertz CT molecular complexity index is 1080. The van der Waals surface area contributed by atoms with Crippen LogP contribution in [0.15, 0.2) is 47.5 Å². The second-order valence-electron chi connectivity index (χ2n) is 7.39. The number of carbonyl (C=O) groups is 1. The maximum absolute atomic E-state index is 12.7. The molecule has 4 rings (SSSR count). The van der Waals surface area contributed by atoms with Gasteiger partial charge in [0.05, 0.1) is 17.5 Å². The molecular weight excluding hydrogens is 406 g/mol. The molecule has 6 nitrogen and oxygen atoms in total. The summed E-state index contributed by atoms with van der Waals surface area (Å²) in [5.74, 6) is 0.116. The van der Waals surface area contributed by atoms with E-state index in [0.717, 1.165) is 23.4 Å². The van der Waals surface area contributed by atoms with E-state index in [0.29, 0.717) is 10.7 Å². The predicted molar refractivity (Wildman–Crippen MR) is 120 cm³/mol. The zero-order valence-corrected chi connectivity index (χ0v) is 17.9. The van der Waals surface area contributed by atoms with Crippen molar-refractivity contribution >= 4 is 44.0 Å². The molecule has 0 unspecified atom stereocenters. The van der Waals surface area contributed by atoms with Crippen LogP contribution in [0.3, 0.4) is 0 Å². The molecular formula is C21H23N3O3S2. The largest absolute Gasteiger partial charge is 0.335 e. The van der Waals surface area contributed by atoms with Crippen LogP contribution >= 0.6 is 11.8 Å². The van der Waals surface area contributed by atoms with Gasteiger partial charge in [-0.3, -0.25) is 9.79 Å². The highest BCUT2D eigenvalue weighted by atomic mass is 32.2. The van der Waals surface area contributed by atoms with E-state index in [9.17, 15) is 13.2 Å². The second kappa shape index (κ2) is 7.84. The SMILES string of the molecule is CCc1ccc(NC(=O)c2ccc(C)c(NC3=N[C@@H]4CS(=O)(=O)C[C@@H]4S3)c2)cc1. The lowest BCUT2D eigenvalue weighted by Gasteiger charge is -2.12. The molecule has 1 amide bonds. The minimum atomic E-state index is -2.97. The third-order valence-corrected chi connectivity index (χ3v) is 8.32. The molecule has 152 valence electrons. The van der Waals surface area contributed by atoms with Crippen molar-refractivity contribution in [3.8, 4) is 0 Å². The van der Waals surface area contributed by atoms with E-state index in [2.05, 4.69) is 22.5 Å². The number of amides is 1. The fourth-order valence-electron chi connectivity index (χ4n) is 3.46. The van der Waals surface area contributed by atoms with E-state index in [1.54, 1.807) is 12.1 Å². The maximum atomic E-state index is 12.7. The van der Waals surface area contributed by atoms with Gasteiger partial charge in [-0.15, -0.1) is 0 Å². The van der Waals surface area contributed by atoms with E-state index in [-0.39, 0.29) is 28.7 Å². The predicted octanol–water partition coefficient (Wildman–Crippen LogP) is 3.49. The van der Waals surface area contributed by atoms with E-state index < -0.39 is 9.84 Å². The van der Waals surface area contributed by atoms with E-state index in [4.69, 9.17) is 0 Å². The molecule has 1 saturated heterocycles. The van der Waals surface area contributed by atoms with Crippen LogP contribution in [0.5, 0.6) is 0 Å². The first-order valence-electron chi connectivity index (χ1n) is 9.56. The number of sulfone groups is 1. The Kier molecular flexibility index (Phi) is 5.40. The van der Waals surface area contributed by atoms with Crippen LogP contribution in [-0.4, -0.2) is 42.3 Å². The summed E-state index contributed by atoms with van der Waals surface area (Å²) in [7, 11) is -2.97. The summed E-state index contributed by atoms with van der Waals surface area (Å²) >= 11 is 1.47. The quantitative estimate of drug-likeness (QED) is 0.777. The molecule has 0 spiro atoms. The van der Waals surface area contributed by atoms with Gasteiger partial charge < -0.3 is 10.6 Å². The van der Waals surface area contributed by atoms with Crippen LogP contribution in [0.4, 0.5) is 11.4 Å². The van der Waals surface area contributed by atoms with Gasteiger partial charge in [-0.05, 0) is 48.7 Å². The molecule has 2 aliphatic heterocycles. The molecule has 8 heteroatoms. The van der Waals surface area contributed by atoms with Gasteiger partial charge in [-0.25, -0.2) is 8.42 Å². The number of aryl methyl sites for hydroxylation is 2. The van der Waals surface area contributed by atoms with E-state index in [1.165, 1.54) is 17.3 Å². The van der Waals surface area contributed by atoms with Gasteiger partial charge in [0.15, 0.2) is 15.0 Å². The zero-order valence-electron chi connectivity index (χ0n) is 16.3. The standard InChI is InChI=1S/C21H23N3O3S2/c1-3-14-5-8-16(9-6-14)22-20(25)15-7-4-13(2)17(10-15)23-21-24-18-11-29(26,27)12-19(18)28-21/h4-10,18-19H,3,11-12H2,1-2H3,(H,22,25)(H,23,24)/t18-,19+/m1/s1. The van der Waals surface area contributed by atoms with Gasteiger partial charge in [0, 0.05) is 22.2 Å². The van der Waals surface area contributed by atoms with Crippen LogP contribution in [0.1, 0.15) is 28.4 Å². The Labute approximate surface area is 175 Å². The Balaban J connectivity index is 1.47. The lowest BCUT2D eigenvalue weighted by atomic mass is 10.1. The number of aliphatic imine (C=N–C) groups is 1. The van der Waals surface area contributed by atoms with Crippen LogP contribution in [0.2, 0.25) is 0 Å². The fraction of sp³-hybridized carbons (Fsp3) is 0.333. The van der Waals surface area contributed by atoms with Crippen molar-refractivity contribution in [2.75, 3.05) is 22.1 Å². The van der Waals surface area contributed by atoms with Crippen molar-refractivity contribution in [1.29, 1.82) is 0 Å². The molecule has 2 aliphatic rings. The molecule has 2 aromatic carbocycles. The fourth-order valence-corrected chi connectivity index (χ4v) is 7.12.